The normalized spacial score (nSPS) is 17.2. The molecule has 26 heavy (non-hydrogen) atoms. The standard InChI is InChI=1S/C20H25N3O3/c1-3-21-19(24)14-8-7-11-23(13-14)18-15-9-5-6-10-17(15)22-12-16(18)20(25)26-4-2/h5-6,9-10,12,14H,3-4,7-8,11,13H2,1-2H3,(H,21,24). The zero-order chi connectivity index (χ0) is 18.5. The molecule has 0 bridgehead atoms. The monoisotopic (exact) mass is 355 g/mol. The Morgan fingerprint density at radius 3 is 2.88 bits per heavy atom. The number of nitrogens with zero attached hydrogens (tertiary/aromatic N) is 2. The third-order valence-corrected chi connectivity index (χ3v) is 4.70. The van der Waals surface area contributed by atoms with Gasteiger partial charge in [-0.3, -0.25) is 9.78 Å². The molecule has 3 rings (SSSR count). The van der Waals surface area contributed by atoms with Crippen LogP contribution in [0.15, 0.2) is 30.5 Å². The molecule has 6 nitrogen and oxygen atoms in total. The van der Waals surface area contributed by atoms with Gasteiger partial charge in [0.1, 0.15) is 5.56 Å². The minimum atomic E-state index is -0.374. The number of piperidine rings is 1. The fourth-order valence-corrected chi connectivity index (χ4v) is 3.54. The molecule has 1 aromatic heterocycles. The van der Waals surface area contributed by atoms with Gasteiger partial charge in [0.05, 0.1) is 23.7 Å². The number of pyridine rings is 1. The number of rotatable bonds is 5. The van der Waals surface area contributed by atoms with E-state index in [4.69, 9.17) is 4.74 Å². The number of carbonyl (C=O) groups is 2. The number of fused-ring (bicyclic) bond motifs is 1. The van der Waals surface area contributed by atoms with Gasteiger partial charge in [-0.2, -0.15) is 0 Å². The van der Waals surface area contributed by atoms with E-state index >= 15 is 0 Å². The molecule has 0 spiro atoms. The first-order chi connectivity index (χ1) is 12.7. The van der Waals surface area contributed by atoms with Crippen molar-refractivity contribution in [3.05, 3.63) is 36.0 Å². The van der Waals surface area contributed by atoms with Gasteiger partial charge in [-0.05, 0) is 32.8 Å². The molecule has 1 amide bonds. The second kappa shape index (κ2) is 8.17. The van der Waals surface area contributed by atoms with Crippen molar-refractivity contribution in [1.29, 1.82) is 0 Å². The molecule has 1 aliphatic heterocycles. The lowest BCUT2D eigenvalue weighted by Gasteiger charge is -2.35. The van der Waals surface area contributed by atoms with Gasteiger partial charge in [-0.25, -0.2) is 4.79 Å². The van der Waals surface area contributed by atoms with Crippen LogP contribution in [0.3, 0.4) is 0 Å². The fraction of sp³-hybridized carbons (Fsp3) is 0.450. The molecule has 138 valence electrons. The number of ether oxygens (including phenoxy) is 1. The Hall–Kier alpha value is -2.63. The zero-order valence-electron chi connectivity index (χ0n) is 15.3. The highest BCUT2D eigenvalue weighted by atomic mass is 16.5. The predicted octanol–water partition coefficient (Wildman–Crippen LogP) is 2.76. The Morgan fingerprint density at radius 2 is 2.12 bits per heavy atom. The predicted molar refractivity (Wildman–Crippen MR) is 101 cm³/mol. The average molecular weight is 355 g/mol. The van der Waals surface area contributed by atoms with Crippen LogP contribution in [0.1, 0.15) is 37.0 Å². The van der Waals surface area contributed by atoms with Crippen molar-refractivity contribution in [3.63, 3.8) is 0 Å². The molecule has 1 aliphatic rings. The molecular weight excluding hydrogens is 330 g/mol. The molecule has 1 fully saturated rings. The Morgan fingerprint density at radius 1 is 1.31 bits per heavy atom. The van der Waals surface area contributed by atoms with Gasteiger partial charge in [-0.15, -0.1) is 0 Å². The Kier molecular flexibility index (Phi) is 5.71. The van der Waals surface area contributed by atoms with E-state index in [2.05, 4.69) is 15.2 Å². The lowest BCUT2D eigenvalue weighted by molar-refractivity contribution is -0.125. The number of hydrogen-bond donors (Lipinski definition) is 1. The van der Waals surface area contributed by atoms with Crippen molar-refractivity contribution in [2.24, 2.45) is 5.92 Å². The molecule has 0 radical (unpaired) electrons. The SMILES string of the molecule is CCNC(=O)C1CCCN(c2c(C(=O)OCC)cnc3ccccc23)C1. The van der Waals surface area contributed by atoms with Gasteiger partial charge in [0.2, 0.25) is 5.91 Å². The fourth-order valence-electron chi connectivity index (χ4n) is 3.54. The van der Waals surface area contributed by atoms with Crippen LogP contribution in [0.4, 0.5) is 5.69 Å². The Balaban J connectivity index is 2.02. The summed E-state index contributed by atoms with van der Waals surface area (Å²) in [6, 6.07) is 7.76. The summed E-state index contributed by atoms with van der Waals surface area (Å²) in [5, 5.41) is 3.82. The molecule has 0 aliphatic carbocycles. The maximum absolute atomic E-state index is 12.5. The van der Waals surface area contributed by atoms with Crippen LogP contribution in [0.5, 0.6) is 0 Å². The molecule has 1 saturated heterocycles. The lowest BCUT2D eigenvalue weighted by Crippen LogP contribution is -2.43. The van der Waals surface area contributed by atoms with Crippen LogP contribution in [-0.2, 0) is 9.53 Å². The van der Waals surface area contributed by atoms with E-state index < -0.39 is 0 Å². The number of hydrogen-bond acceptors (Lipinski definition) is 5. The topological polar surface area (TPSA) is 71.5 Å². The van der Waals surface area contributed by atoms with Crippen LogP contribution < -0.4 is 10.2 Å². The first kappa shape index (κ1) is 18.2. The van der Waals surface area contributed by atoms with Crippen molar-refractivity contribution >= 4 is 28.5 Å². The minimum Gasteiger partial charge on any atom is -0.462 e. The highest BCUT2D eigenvalue weighted by Gasteiger charge is 2.29. The third kappa shape index (κ3) is 3.64. The van der Waals surface area contributed by atoms with E-state index in [-0.39, 0.29) is 17.8 Å². The van der Waals surface area contributed by atoms with Gasteiger partial charge >= 0.3 is 5.97 Å². The molecule has 0 saturated carbocycles. The molecule has 2 heterocycles. The lowest BCUT2D eigenvalue weighted by atomic mass is 9.95. The maximum Gasteiger partial charge on any atom is 0.341 e. The zero-order valence-corrected chi connectivity index (χ0v) is 15.3. The summed E-state index contributed by atoms with van der Waals surface area (Å²) in [7, 11) is 0. The van der Waals surface area contributed by atoms with Crippen LogP contribution in [-0.4, -0.2) is 43.1 Å². The van der Waals surface area contributed by atoms with E-state index in [9.17, 15) is 9.59 Å². The molecular formula is C20H25N3O3. The third-order valence-electron chi connectivity index (χ3n) is 4.70. The van der Waals surface area contributed by atoms with E-state index in [0.717, 1.165) is 36.0 Å². The maximum atomic E-state index is 12.5. The van der Waals surface area contributed by atoms with Crippen LogP contribution in [0.2, 0.25) is 0 Å². The number of nitrogens with one attached hydrogen (secondary N) is 1. The first-order valence-electron chi connectivity index (χ1n) is 9.23. The van der Waals surface area contributed by atoms with Crippen LogP contribution in [0, 0.1) is 5.92 Å². The van der Waals surface area contributed by atoms with Gasteiger partial charge in [0, 0.05) is 31.2 Å². The Bertz CT molecular complexity index is 806. The number of amides is 1. The number of benzene rings is 1. The number of aromatic nitrogens is 1. The molecule has 2 aromatic rings. The quantitative estimate of drug-likeness (QED) is 0.835. The summed E-state index contributed by atoms with van der Waals surface area (Å²) < 4.78 is 5.24. The van der Waals surface area contributed by atoms with Crippen molar-refractivity contribution < 1.29 is 14.3 Å². The largest absolute Gasteiger partial charge is 0.462 e. The molecule has 1 atom stereocenters. The van der Waals surface area contributed by atoms with Crippen molar-refractivity contribution in [2.45, 2.75) is 26.7 Å². The van der Waals surface area contributed by atoms with E-state index in [0.29, 0.717) is 25.3 Å². The van der Waals surface area contributed by atoms with Crippen molar-refractivity contribution in [3.8, 4) is 0 Å². The summed E-state index contributed by atoms with van der Waals surface area (Å²) >= 11 is 0. The molecule has 1 N–H and O–H groups in total. The molecule has 1 aromatic carbocycles. The first-order valence-corrected chi connectivity index (χ1v) is 9.23. The second-order valence-corrected chi connectivity index (χ2v) is 6.44. The van der Waals surface area contributed by atoms with Crippen LogP contribution in [0.25, 0.3) is 10.9 Å². The summed E-state index contributed by atoms with van der Waals surface area (Å²) in [6.07, 6.45) is 3.35. The summed E-state index contributed by atoms with van der Waals surface area (Å²) in [5.74, 6) is -0.375. The van der Waals surface area contributed by atoms with E-state index in [1.54, 1.807) is 13.1 Å². The number of para-hydroxylation sites is 1. The van der Waals surface area contributed by atoms with Gasteiger partial charge in [0.15, 0.2) is 0 Å². The molecule has 6 heteroatoms. The van der Waals surface area contributed by atoms with E-state index in [1.165, 1.54) is 0 Å². The second-order valence-electron chi connectivity index (χ2n) is 6.44. The highest BCUT2D eigenvalue weighted by molar-refractivity contribution is 6.05. The van der Waals surface area contributed by atoms with Crippen LogP contribution >= 0.6 is 0 Å². The van der Waals surface area contributed by atoms with Crippen molar-refractivity contribution in [1.82, 2.24) is 10.3 Å². The smallest absolute Gasteiger partial charge is 0.341 e. The average Bonchev–Trinajstić information content (AvgIpc) is 2.67. The summed E-state index contributed by atoms with van der Waals surface area (Å²) in [5.41, 5.74) is 2.11. The summed E-state index contributed by atoms with van der Waals surface area (Å²) in [4.78, 5) is 31.4. The number of esters is 1. The van der Waals surface area contributed by atoms with E-state index in [1.807, 2.05) is 31.2 Å². The van der Waals surface area contributed by atoms with Gasteiger partial charge < -0.3 is 15.0 Å². The number of carbonyl (C=O) groups excluding carboxylic acids is 2. The van der Waals surface area contributed by atoms with Gasteiger partial charge in [0.25, 0.3) is 0 Å². The molecule has 1 unspecified atom stereocenters. The van der Waals surface area contributed by atoms with Gasteiger partial charge in [-0.1, -0.05) is 18.2 Å². The number of anilines is 1. The summed E-state index contributed by atoms with van der Waals surface area (Å²) in [6.45, 7) is 6.04. The Labute approximate surface area is 153 Å². The minimum absolute atomic E-state index is 0.0771. The van der Waals surface area contributed by atoms with Crippen molar-refractivity contribution in [2.75, 3.05) is 31.1 Å². The highest BCUT2D eigenvalue weighted by Crippen LogP contribution is 2.33.